The van der Waals surface area contributed by atoms with Crippen LogP contribution in [-0.4, -0.2) is 12.0 Å². The van der Waals surface area contributed by atoms with Crippen molar-refractivity contribution in [3.63, 3.8) is 0 Å². The van der Waals surface area contributed by atoms with Crippen molar-refractivity contribution in [2.24, 2.45) is 0 Å². The predicted octanol–water partition coefficient (Wildman–Crippen LogP) is 3.96. The van der Waals surface area contributed by atoms with Crippen molar-refractivity contribution in [2.75, 3.05) is 7.05 Å². The SMILES string of the molecule is CCCc1cccc(C(NC)c2cc(C)nc(C)c2)c1. The van der Waals surface area contributed by atoms with Gasteiger partial charge in [-0.2, -0.15) is 0 Å². The van der Waals surface area contributed by atoms with Gasteiger partial charge in [-0.15, -0.1) is 0 Å². The first kappa shape index (κ1) is 14.7. The van der Waals surface area contributed by atoms with Crippen molar-refractivity contribution in [3.05, 3.63) is 64.5 Å². The van der Waals surface area contributed by atoms with E-state index in [1.165, 1.54) is 23.1 Å². The van der Waals surface area contributed by atoms with Crippen molar-refractivity contribution in [1.29, 1.82) is 0 Å². The van der Waals surface area contributed by atoms with E-state index < -0.39 is 0 Å². The Kier molecular flexibility index (Phi) is 4.91. The molecule has 106 valence electrons. The van der Waals surface area contributed by atoms with Gasteiger partial charge in [-0.1, -0.05) is 37.6 Å². The number of aromatic nitrogens is 1. The molecule has 1 atom stereocenters. The molecule has 1 N–H and O–H groups in total. The van der Waals surface area contributed by atoms with Crippen LogP contribution in [0, 0.1) is 13.8 Å². The van der Waals surface area contributed by atoms with Crippen molar-refractivity contribution < 1.29 is 0 Å². The summed E-state index contributed by atoms with van der Waals surface area (Å²) in [7, 11) is 2.02. The van der Waals surface area contributed by atoms with E-state index in [1.807, 2.05) is 7.05 Å². The summed E-state index contributed by atoms with van der Waals surface area (Å²) in [5, 5.41) is 3.43. The monoisotopic (exact) mass is 268 g/mol. The Bertz CT molecular complexity index is 555. The van der Waals surface area contributed by atoms with Gasteiger partial charge in [-0.3, -0.25) is 4.98 Å². The fraction of sp³-hybridized carbons (Fsp3) is 0.389. The molecule has 1 heterocycles. The smallest absolute Gasteiger partial charge is 0.0575 e. The number of nitrogens with one attached hydrogen (secondary N) is 1. The lowest BCUT2D eigenvalue weighted by Gasteiger charge is -2.19. The second kappa shape index (κ2) is 6.67. The average Bonchev–Trinajstić information content (AvgIpc) is 2.39. The maximum atomic E-state index is 4.46. The summed E-state index contributed by atoms with van der Waals surface area (Å²) in [6.45, 7) is 6.32. The first-order chi connectivity index (χ1) is 9.63. The highest BCUT2D eigenvalue weighted by Crippen LogP contribution is 2.24. The third-order valence-electron chi connectivity index (χ3n) is 3.55. The Morgan fingerprint density at radius 2 is 1.75 bits per heavy atom. The minimum absolute atomic E-state index is 0.229. The topological polar surface area (TPSA) is 24.9 Å². The Balaban J connectivity index is 2.38. The molecule has 0 amide bonds. The molecule has 2 rings (SSSR count). The molecule has 0 bridgehead atoms. The fourth-order valence-corrected chi connectivity index (χ4v) is 2.78. The fourth-order valence-electron chi connectivity index (χ4n) is 2.78. The second-order valence-electron chi connectivity index (χ2n) is 5.40. The largest absolute Gasteiger partial charge is 0.309 e. The lowest BCUT2D eigenvalue weighted by molar-refractivity contribution is 0.687. The Morgan fingerprint density at radius 3 is 2.35 bits per heavy atom. The maximum Gasteiger partial charge on any atom is 0.0575 e. The zero-order valence-corrected chi connectivity index (χ0v) is 12.9. The summed E-state index contributed by atoms with van der Waals surface area (Å²) >= 11 is 0. The number of nitrogens with zero attached hydrogens (tertiary/aromatic N) is 1. The number of benzene rings is 1. The Labute approximate surface area is 122 Å². The molecule has 2 nitrogen and oxygen atoms in total. The van der Waals surface area contributed by atoms with Crippen LogP contribution in [0.3, 0.4) is 0 Å². The number of hydrogen-bond donors (Lipinski definition) is 1. The Morgan fingerprint density at radius 1 is 1.05 bits per heavy atom. The molecule has 1 aromatic carbocycles. The van der Waals surface area contributed by atoms with Gasteiger partial charge in [0.15, 0.2) is 0 Å². The van der Waals surface area contributed by atoms with E-state index in [0.29, 0.717) is 0 Å². The third kappa shape index (κ3) is 3.45. The van der Waals surface area contributed by atoms with Crippen LogP contribution in [0.4, 0.5) is 0 Å². The molecule has 0 aliphatic heterocycles. The molecule has 0 fully saturated rings. The highest BCUT2D eigenvalue weighted by Gasteiger charge is 2.13. The van der Waals surface area contributed by atoms with Crippen LogP contribution in [0.5, 0.6) is 0 Å². The molecule has 0 saturated carbocycles. The van der Waals surface area contributed by atoms with Crippen LogP contribution in [0.2, 0.25) is 0 Å². The highest BCUT2D eigenvalue weighted by atomic mass is 14.9. The first-order valence-corrected chi connectivity index (χ1v) is 7.35. The molecule has 2 heteroatoms. The van der Waals surface area contributed by atoms with E-state index in [1.54, 1.807) is 0 Å². The molecule has 0 aliphatic carbocycles. The van der Waals surface area contributed by atoms with Gasteiger partial charge >= 0.3 is 0 Å². The number of pyridine rings is 1. The van der Waals surface area contributed by atoms with Gasteiger partial charge in [0.1, 0.15) is 0 Å². The van der Waals surface area contributed by atoms with E-state index in [-0.39, 0.29) is 6.04 Å². The van der Waals surface area contributed by atoms with Gasteiger partial charge < -0.3 is 5.32 Å². The zero-order chi connectivity index (χ0) is 14.5. The number of aryl methyl sites for hydroxylation is 3. The zero-order valence-electron chi connectivity index (χ0n) is 12.9. The second-order valence-corrected chi connectivity index (χ2v) is 5.40. The van der Waals surface area contributed by atoms with Crippen molar-refractivity contribution in [2.45, 2.75) is 39.7 Å². The molecule has 0 saturated heterocycles. The van der Waals surface area contributed by atoms with Gasteiger partial charge in [0.05, 0.1) is 6.04 Å². The standard InChI is InChI=1S/C18H24N2/c1-5-7-15-8-6-9-16(12-15)18(19-4)17-10-13(2)20-14(3)11-17/h6,8-12,18-19H,5,7H2,1-4H3. The molecule has 0 aliphatic rings. The summed E-state index contributed by atoms with van der Waals surface area (Å²) in [4.78, 5) is 4.46. The Hall–Kier alpha value is -1.67. The molecule has 2 aromatic rings. The summed E-state index contributed by atoms with van der Waals surface area (Å²) in [5.41, 5.74) is 6.16. The summed E-state index contributed by atoms with van der Waals surface area (Å²) < 4.78 is 0. The number of hydrogen-bond acceptors (Lipinski definition) is 2. The molecular weight excluding hydrogens is 244 g/mol. The van der Waals surface area contributed by atoms with Crippen LogP contribution in [0.15, 0.2) is 36.4 Å². The van der Waals surface area contributed by atoms with Crippen molar-refractivity contribution >= 4 is 0 Å². The van der Waals surface area contributed by atoms with Gasteiger partial charge in [-0.05, 0) is 56.1 Å². The minimum atomic E-state index is 0.229. The lowest BCUT2D eigenvalue weighted by atomic mass is 9.96. The van der Waals surface area contributed by atoms with Crippen LogP contribution in [-0.2, 0) is 6.42 Å². The molecular formula is C18H24N2. The summed E-state index contributed by atoms with van der Waals surface area (Å²) in [5.74, 6) is 0. The minimum Gasteiger partial charge on any atom is -0.309 e. The van der Waals surface area contributed by atoms with E-state index in [0.717, 1.165) is 17.8 Å². The van der Waals surface area contributed by atoms with Crippen molar-refractivity contribution in [3.8, 4) is 0 Å². The molecule has 1 aromatic heterocycles. The van der Waals surface area contributed by atoms with Crippen LogP contribution in [0.1, 0.15) is 47.5 Å². The molecule has 20 heavy (non-hydrogen) atoms. The summed E-state index contributed by atoms with van der Waals surface area (Å²) in [6, 6.07) is 13.4. The summed E-state index contributed by atoms with van der Waals surface area (Å²) in [6.07, 6.45) is 2.32. The maximum absolute atomic E-state index is 4.46. The van der Waals surface area contributed by atoms with Gasteiger partial charge in [-0.25, -0.2) is 0 Å². The molecule has 0 spiro atoms. The predicted molar refractivity (Wildman–Crippen MR) is 85.1 cm³/mol. The van der Waals surface area contributed by atoms with Crippen molar-refractivity contribution in [1.82, 2.24) is 10.3 Å². The normalized spacial score (nSPS) is 12.4. The molecule has 0 radical (unpaired) electrons. The van der Waals surface area contributed by atoms with E-state index in [2.05, 4.69) is 67.5 Å². The van der Waals surface area contributed by atoms with E-state index >= 15 is 0 Å². The van der Waals surface area contributed by atoms with Gasteiger partial charge in [0.2, 0.25) is 0 Å². The van der Waals surface area contributed by atoms with Gasteiger partial charge in [0.25, 0.3) is 0 Å². The average molecular weight is 268 g/mol. The molecule has 1 unspecified atom stereocenters. The van der Waals surface area contributed by atoms with Crippen LogP contribution in [0.25, 0.3) is 0 Å². The quantitative estimate of drug-likeness (QED) is 0.888. The third-order valence-corrected chi connectivity index (χ3v) is 3.55. The van der Waals surface area contributed by atoms with Crippen LogP contribution < -0.4 is 5.32 Å². The van der Waals surface area contributed by atoms with E-state index in [9.17, 15) is 0 Å². The van der Waals surface area contributed by atoms with Gasteiger partial charge in [0, 0.05) is 11.4 Å². The van der Waals surface area contributed by atoms with E-state index in [4.69, 9.17) is 0 Å². The van der Waals surface area contributed by atoms with Crippen LogP contribution >= 0.6 is 0 Å². The number of rotatable bonds is 5. The highest BCUT2D eigenvalue weighted by molar-refractivity contribution is 5.35. The lowest BCUT2D eigenvalue weighted by Crippen LogP contribution is -2.18. The first-order valence-electron chi connectivity index (χ1n) is 7.35.